The number of benzene rings is 1. The molecule has 0 unspecified atom stereocenters. The summed E-state index contributed by atoms with van der Waals surface area (Å²) < 4.78 is 0. The van der Waals surface area contributed by atoms with Crippen molar-refractivity contribution in [3.05, 3.63) is 53.4 Å². The third kappa shape index (κ3) is 3.09. The SMILES string of the molecule is CC(C)N1CC(=O)N(Cc2ccc(Cl)cc2)C2(CN(c3cnccn3)C2)C1=O. The number of carbonyl (C=O) groups is 2. The third-order valence-corrected chi connectivity index (χ3v) is 5.69. The molecule has 1 aromatic heterocycles. The van der Waals surface area contributed by atoms with E-state index in [-0.39, 0.29) is 24.4 Å². The maximum absolute atomic E-state index is 13.4. The predicted octanol–water partition coefficient (Wildman–Crippen LogP) is 1.97. The first kappa shape index (κ1) is 18.7. The molecule has 2 aromatic rings. The summed E-state index contributed by atoms with van der Waals surface area (Å²) in [6.07, 6.45) is 4.91. The minimum atomic E-state index is -0.878. The zero-order valence-electron chi connectivity index (χ0n) is 15.9. The third-order valence-electron chi connectivity index (χ3n) is 5.44. The van der Waals surface area contributed by atoms with Crippen LogP contribution in [0.5, 0.6) is 0 Å². The molecule has 0 N–H and O–H groups in total. The van der Waals surface area contributed by atoms with Gasteiger partial charge in [0.2, 0.25) is 5.91 Å². The van der Waals surface area contributed by atoms with E-state index in [9.17, 15) is 9.59 Å². The maximum Gasteiger partial charge on any atom is 0.252 e. The summed E-state index contributed by atoms with van der Waals surface area (Å²) >= 11 is 5.98. The molecule has 2 saturated heterocycles. The summed E-state index contributed by atoms with van der Waals surface area (Å²) in [4.78, 5) is 40.2. The smallest absolute Gasteiger partial charge is 0.252 e. The number of hydrogen-bond acceptors (Lipinski definition) is 5. The van der Waals surface area contributed by atoms with Crippen LogP contribution in [-0.4, -0.2) is 62.8 Å². The summed E-state index contributed by atoms with van der Waals surface area (Å²) in [7, 11) is 0. The Morgan fingerprint density at radius 2 is 1.86 bits per heavy atom. The molecule has 4 rings (SSSR count). The highest BCUT2D eigenvalue weighted by Crippen LogP contribution is 2.37. The van der Waals surface area contributed by atoms with E-state index in [1.54, 1.807) is 40.5 Å². The van der Waals surface area contributed by atoms with E-state index in [1.165, 1.54) is 0 Å². The number of hydrogen-bond donors (Lipinski definition) is 0. The van der Waals surface area contributed by atoms with E-state index < -0.39 is 5.54 Å². The topological polar surface area (TPSA) is 69.6 Å². The molecule has 2 aliphatic rings. The zero-order chi connectivity index (χ0) is 19.9. The molecular formula is C20H22ClN5O2. The maximum atomic E-state index is 13.4. The van der Waals surface area contributed by atoms with Crippen molar-refractivity contribution in [3.63, 3.8) is 0 Å². The van der Waals surface area contributed by atoms with Crippen molar-refractivity contribution in [2.24, 2.45) is 0 Å². The Labute approximate surface area is 168 Å². The second-order valence-corrected chi connectivity index (χ2v) is 8.02. The molecule has 28 heavy (non-hydrogen) atoms. The molecular weight excluding hydrogens is 378 g/mol. The highest BCUT2D eigenvalue weighted by Gasteiger charge is 2.60. The Kier molecular flexibility index (Phi) is 4.71. The Hall–Kier alpha value is -2.67. The highest BCUT2D eigenvalue weighted by atomic mass is 35.5. The molecule has 3 heterocycles. The average molecular weight is 400 g/mol. The first-order chi connectivity index (χ1) is 13.4. The molecule has 0 atom stereocenters. The molecule has 8 heteroatoms. The van der Waals surface area contributed by atoms with Crippen LogP contribution in [0.15, 0.2) is 42.9 Å². The number of rotatable bonds is 4. The Balaban J connectivity index is 1.64. The van der Waals surface area contributed by atoms with Crippen LogP contribution in [0.25, 0.3) is 0 Å². The Morgan fingerprint density at radius 1 is 1.14 bits per heavy atom. The van der Waals surface area contributed by atoms with E-state index >= 15 is 0 Å². The van der Waals surface area contributed by atoms with Crippen LogP contribution in [0.3, 0.4) is 0 Å². The van der Waals surface area contributed by atoms with Gasteiger partial charge in [-0.05, 0) is 31.5 Å². The lowest BCUT2D eigenvalue weighted by atomic mass is 9.83. The molecule has 7 nitrogen and oxygen atoms in total. The van der Waals surface area contributed by atoms with Gasteiger partial charge in [-0.1, -0.05) is 23.7 Å². The van der Waals surface area contributed by atoms with Gasteiger partial charge in [0.1, 0.15) is 12.4 Å². The normalized spacial score (nSPS) is 18.8. The van der Waals surface area contributed by atoms with Crippen molar-refractivity contribution >= 4 is 29.2 Å². The van der Waals surface area contributed by atoms with E-state index in [1.807, 2.05) is 30.9 Å². The largest absolute Gasteiger partial charge is 0.349 e. The first-order valence-corrected chi connectivity index (χ1v) is 9.65. The predicted molar refractivity (Wildman–Crippen MR) is 106 cm³/mol. The van der Waals surface area contributed by atoms with Crippen LogP contribution in [-0.2, 0) is 16.1 Å². The quantitative estimate of drug-likeness (QED) is 0.786. The fraction of sp³-hybridized carbons (Fsp3) is 0.400. The van der Waals surface area contributed by atoms with Gasteiger partial charge in [-0.25, -0.2) is 4.98 Å². The standard InChI is InChI=1S/C20H22ClN5O2/c1-14(2)25-11-18(27)26(10-15-3-5-16(21)6-4-15)20(19(25)28)12-24(13-20)17-9-22-7-8-23-17/h3-9,14H,10-13H2,1-2H3. The van der Waals surface area contributed by atoms with Gasteiger partial charge >= 0.3 is 0 Å². The Morgan fingerprint density at radius 3 is 2.46 bits per heavy atom. The van der Waals surface area contributed by atoms with E-state index in [0.29, 0.717) is 30.5 Å². The Bertz CT molecular complexity index is 881. The van der Waals surface area contributed by atoms with Crippen LogP contribution in [0, 0.1) is 0 Å². The van der Waals surface area contributed by atoms with Crippen molar-refractivity contribution in [1.82, 2.24) is 19.8 Å². The van der Waals surface area contributed by atoms with Crippen molar-refractivity contribution in [2.45, 2.75) is 32.0 Å². The number of aromatic nitrogens is 2. The lowest BCUT2D eigenvalue weighted by Crippen LogP contribution is -2.81. The fourth-order valence-electron chi connectivity index (χ4n) is 3.86. The molecule has 0 saturated carbocycles. The number of anilines is 1. The fourth-order valence-corrected chi connectivity index (χ4v) is 3.99. The summed E-state index contributed by atoms with van der Waals surface area (Å²) in [6.45, 7) is 5.18. The number of halogens is 1. The van der Waals surface area contributed by atoms with Crippen LogP contribution < -0.4 is 4.90 Å². The molecule has 0 aliphatic carbocycles. The van der Waals surface area contributed by atoms with Crippen LogP contribution >= 0.6 is 11.6 Å². The molecule has 2 amide bonds. The van der Waals surface area contributed by atoms with Gasteiger partial charge < -0.3 is 14.7 Å². The summed E-state index contributed by atoms with van der Waals surface area (Å²) in [5.41, 5.74) is 0.0670. The van der Waals surface area contributed by atoms with E-state index in [0.717, 1.165) is 5.56 Å². The first-order valence-electron chi connectivity index (χ1n) is 9.28. The number of piperazine rings is 1. The minimum absolute atomic E-state index is 0.00351. The van der Waals surface area contributed by atoms with Crippen molar-refractivity contribution in [1.29, 1.82) is 0 Å². The number of nitrogens with zero attached hydrogens (tertiary/aromatic N) is 5. The van der Waals surface area contributed by atoms with Crippen LogP contribution in [0.1, 0.15) is 19.4 Å². The molecule has 146 valence electrons. The van der Waals surface area contributed by atoms with Crippen molar-refractivity contribution in [2.75, 3.05) is 24.5 Å². The van der Waals surface area contributed by atoms with Crippen LogP contribution in [0.4, 0.5) is 5.82 Å². The van der Waals surface area contributed by atoms with Gasteiger partial charge in [0, 0.05) is 30.0 Å². The van der Waals surface area contributed by atoms with E-state index in [2.05, 4.69) is 9.97 Å². The molecule has 1 aromatic carbocycles. The van der Waals surface area contributed by atoms with Gasteiger partial charge in [0.25, 0.3) is 5.91 Å². The number of carbonyl (C=O) groups excluding carboxylic acids is 2. The monoisotopic (exact) mass is 399 g/mol. The molecule has 1 spiro atoms. The molecule has 0 bridgehead atoms. The van der Waals surface area contributed by atoms with Gasteiger partial charge in [-0.15, -0.1) is 0 Å². The summed E-state index contributed by atoms with van der Waals surface area (Å²) in [5.74, 6) is 0.666. The lowest BCUT2D eigenvalue weighted by molar-refractivity contribution is -0.170. The summed E-state index contributed by atoms with van der Waals surface area (Å²) in [6, 6.07) is 7.35. The minimum Gasteiger partial charge on any atom is -0.349 e. The van der Waals surface area contributed by atoms with Gasteiger partial charge in [0.05, 0.1) is 19.3 Å². The van der Waals surface area contributed by atoms with Crippen molar-refractivity contribution < 1.29 is 9.59 Å². The van der Waals surface area contributed by atoms with Gasteiger partial charge in [0.15, 0.2) is 5.54 Å². The zero-order valence-corrected chi connectivity index (χ0v) is 16.6. The summed E-state index contributed by atoms with van der Waals surface area (Å²) in [5, 5.41) is 0.642. The van der Waals surface area contributed by atoms with Gasteiger partial charge in [-0.2, -0.15) is 0 Å². The second-order valence-electron chi connectivity index (χ2n) is 7.58. The highest BCUT2D eigenvalue weighted by molar-refractivity contribution is 6.30. The van der Waals surface area contributed by atoms with Gasteiger partial charge in [-0.3, -0.25) is 14.6 Å². The molecule has 2 fully saturated rings. The van der Waals surface area contributed by atoms with Crippen molar-refractivity contribution in [3.8, 4) is 0 Å². The number of amides is 2. The second kappa shape index (κ2) is 7.05. The molecule has 0 radical (unpaired) electrons. The average Bonchev–Trinajstić information content (AvgIpc) is 2.65. The lowest BCUT2D eigenvalue weighted by Gasteiger charge is -2.58. The van der Waals surface area contributed by atoms with E-state index in [4.69, 9.17) is 11.6 Å². The molecule has 2 aliphatic heterocycles. The van der Waals surface area contributed by atoms with Crippen LogP contribution in [0.2, 0.25) is 5.02 Å².